The standard InChI is InChI=1S/C13H14F2N2O/c1-8(2)16-7-10-6-13(18-17-10)11-4-3-9(14)5-12(11)15/h3-6,8,16H,7H2,1-2H3. The molecule has 1 N–H and O–H groups in total. The zero-order valence-electron chi connectivity index (χ0n) is 10.2. The summed E-state index contributed by atoms with van der Waals surface area (Å²) in [5.41, 5.74) is 0.891. The maximum atomic E-state index is 13.5. The lowest BCUT2D eigenvalue weighted by molar-refractivity contribution is 0.415. The zero-order chi connectivity index (χ0) is 13.1. The minimum absolute atomic E-state index is 0.208. The van der Waals surface area contributed by atoms with E-state index in [1.807, 2.05) is 13.8 Å². The molecule has 5 heteroatoms. The Kier molecular flexibility index (Phi) is 3.72. The third-order valence-electron chi connectivity index (χ3n) is 2.45. The monoisotopic (exact) mass is 252 g/mol. The molecule has 18 heavy (non-hydrogen) atoms. The summed E-state index contributed by atoms with van der Waals surface area (Å²) in [5.74, 6) is -0.972. The third kappa shape index (κ3) is 2.92. The van der Waals surface area contributed by atoms with E-state index in [4.69, 9.17) is 4.52 Å². The molecular formula is C13H14F2N2O. The number of aromatic nitrogens is 1. The molecule has 0 atom stereocenters. The fourth-order valence-electron chi connectivity index (χ4n) is 1.52. The smallest absolute Gasteiger partial charge is 0.170 e. The van der Waals surface area contributed by atoms with E-state index in [-0.39, 0.29) is 5.56 Å². The Labute approximate surface area is 104 Å². The van der Waals surface area contributed by atoms with Gasteiger partial charge in [-0.2, -0.15) is 0 Å². The molecule has 0 amide bonds. The van der Waals surface area contributed by atoms with Gasteiger partial charge in [0, 0.05) is 24.7 Å². The summed E-state index contributed by atoms with van der Waals surface area (Å²) in [5, 5.41) is 7.00. The predicted molar refractivity (Wildman–Crippen MR) is 63.8 cm³/mol. The fraction of sp³-hybridized carbons (Fsp3) is 0.308. The van der Waals surface area contributed by atoms with Crippen molar-refractivity contribution in [3.05, 3.63) is 41.6 Å². The average Bonchev–Trinajstić information content (AvgIpc) is 2.75. The first-order chi connectivity index (χ1) is 8.56. The van der Waals surface area contributed by atoms with Crippen LogP contribution < -0.4 is 5.32 Å². The van der Waals surface area contributed by atoms with Crippen LogP contribution in [0.1, 0.15) is 19.5 Å². The lowest BCUT2D eigenvalue weighted by Crippen LogP contribution is -2.21. The normalized spacial score (nSPS) is 11.2. The van der Waals surface area contributed by atoms with E-state index < -0.39 is 11.6 Å². The number of rotatable bonds is 4. The number of hydrogen-bond acceptors (Lipinski definition) is 3. The second kappa shape index (κ2) is 5.27. The SMILES string of the molecule is CC(C)NCc1cc(-c2ccc(F)cc2F)on1. The quantitative estimate of drug-likeness (QED) is 0.908. The lowest BCUT2D eigenvalue weighted by atomic mass is 10.1. The van der Waals surface area contributed by atoms with Gasteiger partial charge in [0.05, 0.1) is 11.3 Å². The molecule has 0 aliphatic heterocycles. The van der Waals surface area contributed by atoms with Gasteiger partial charge in [-0.3, -0.25) is 0 Å². The van der Waals surface area contributed by atoms with Gasteiger partial charge in [-0.15, -0.1) is 0 Å². The Hall–Kier alpha value is -1.75. The van der Waals surface area contributed by atoms with E-state index in [1.165, 1.54) is 12.1 Å². The van der Waals surface area contributed by atoms with Crippen molar-refractivity contribution in [2.45, 2.75) is 26.4 Å². The minimum atomic E-state index is -0.658. The van der Waals surface area contributed by atoms with Crippen LogP contribution in [0.25, 0.3) is 11.3 Å². The van der Waals surface area contributed by atoms with Crippen molar-refractivity contribution in [3.8, 4) is 11.3 Å². The first-order valence-corrected chi connectivity index (χ1v) is 5.70. The van der Waals surface area contributed by atoms with Crippen molar-refractivity contribution < 1.29 is 13.3 Å². The zero-order valence-corrected chi connectivity index (χ0v) is 10.2. The Bertz CT molecular complexity index is 538. The van der Waals surface area contributed by atoms with Crippen molar-refractivity contribution in [2.75, 3.05) is 0 Å². The molecule has 2 aromatic rings. The first kappa shape index (κ1) is 12.7. The topological polar surface area (TPSA) is 38.1 Å². The molecule has 1 heterocycles. The summed E-state index contributed by atoms with van der Waals surface area (Å²) in [6, 6.07) is 5.32. The van der Waals surface area contributed by atoms with Gasteiger partial charge in [-0.25, -0.2) is 8.78 Å². The molecule has 0 fully saturated rings. The molecule has 96 valence electrons. The number of nitrogens with one attached hydrogen (secondary N) is 1. The molecule has 0 bridgehead atoms. The van der Waals surface area contributed by atoms with Crippen LogP contribution in [-0.2, 0) is 6.54 Å². The molecule has 0 aliphatic rings. The molecule has 0 aliphatic carbocycles. The fourth-order valence-corrected chi connectivity index (χ4v) is 1.52. The summed E-state index contributed by atoms with van der Waals surface area (Å²) >= 11 is 0. The first-order valence-electron chi connectivity index (χ1n) is 5.70. The van der Waals surface area contributed by atoms with E-state index in [1.54, 1.807) is 6.07 Å². The molecule has 0 radical (unpaired) electrons. The van der Waals surface area contributed by atoms with Crippen molar-refractivity contribution in [2.24, 2.45) is 0 Å². The second-order valence-corrected chi connectivity index (χ2v) is 4.34. The summed E-state index contributed by atoms with van der Waals surface area (Å²) < 4.78 is 31.3. The lowest BCUT2D eigenvalue weighted by Gasteiger charge is -2.03. The Morgan fingerprint density at radius 3 is 2.72 bits per heavy atom. The van der Waals surface area contributed by atoms with Crippen molar-refractivity contribution >= 4 is 0 Å². The molecule has 3 nitrogen and oxygen atoms in total. The molecule has 2 rings (SSSR count). The van der Waals surface area contributed by atoms with E-state index >= 15 is 0 Å². The number of hydrogen-bond donors (Lipinski definition) is 1. The van der Waals surface area contributed by atoms with Crippen LogP contribution in [0.4, 0.5) is 8.78 Å². The minimum Gasteiger partial charge on any atom is -0.356 e. The van der Waals surface area contributed by atoms with Crippen LogP contribution in [0.5, 0.6) is 0 Å². The largest absolute Gasteiger partial charge is 0.356 e. The van der Waals surface area contributed by atoms with Crippen molar-refractivity contribution in [1.29, 1.82) is 0 Å². The summed E-state index contributed by atoms with van der Waals surface area (Å²) in [6.45, 7) is 4.57. The Balaban J connectivity index is 2.18. The third-order valence-corrected chi connectivity index (χ3v) is 2.45. The molecule has 0 saturated heterocycles. The summed E-state index contributed by atoms with van der Waals surface area (Å²) in [7, 11) is 0. The van der Waals surface area contributed by atoms with E-state index in [2.05, 4.69) is 10.5 Å². The van der Waals surface area contributed by atoms with Crippen LogP contribution >= 0.6 is 0 Å². The van der Waals surface area contributed by atoms with Gasteiger partial charge in [0.2, 0.25) is 0 Å². The van der Waals surface area contributed by atoms with Gasteiger partial charge in [0.25, 0.3) is 0 Å². The summed E-state index contributed by atoms with van der Waals surface area (Å²) in [6.07, 6.45) is 0. The van der Waals surface area contributed by atoms with E-state index in [9.17, 15) is 8.78 Å². The van der Waals surface area contributed by atoms with Gasteiger partial charge in [0.1, 0.15) is 11.6 Å². The highest BCUT2D eigenvalue weighted by molar-refractivity contribution is 5.58. The van der Waals surface area contributed by atoms with Crippen molar-refractivity contribution in [1.82, 2.24) is 10.5 Å². The van der Waals surface area contributed by atoms with Gasteiger partial charge in [-0.1, -0.05) is 19.0 Å². The Morgan fingerprint density at radius 1 is 1.28 bits per heavy atom. The predicted octanol–water partition coefficient (Wildman–Crippen LogP) is 3.12. The number of halogens is 2. The Morgan fingerprint density at radius 2 is 2.06 bits per heavy atom. The average molecular weight is 252 g/mol. The molecule has 1 aromatic heterocycles. The van der Waals surface area contributed by atoms with Gasteiger partial charge in [0.15, 0.2) is 5.76 Å². The van der Waals surface area contributed by atoms with Crippen LogP contribution in [0.15, 0.2) is 28.8 Å². The van der Waals surface area contributed by atoms with Gasteiger partial charge in [-0.05, 0) is 12.1 Å². The molecular weight excluding hydrogens is 238 g/mol. The molecule has 1 aromatic carbocycles. The highest BCUT2D eigenvalue weighted by Gasteiger charge is 2.12. The van der Waals surface area contributed by atoms with E-state index in [0.717, 1.165) is 6.07 Å². The summed E-state index contributed by atoms with van der Waals surface area (Å²) in [4.78, 5) is 0. The van der Waals surface area contributed by atoms with Crippen LogP contribution in [-0.4, -0.2) is 11.2 Å². The molecule has 0 unspecified atom stereocenters. The maximum Gasteiger partial charge on any atom is 0.170 e. The number of benzene rings is 1. The van der Waals surface area contributed by atoms with Crippen LogP contribution in [0.3, 0.4) is 0 Å². The van der Waals surface area contributed by atoms with Crippen molar-refractivity contribution in [3.63, 3.8) is 0 Å². The highest BCUT2D eigenvalue weighted by atomic mass is 19.1. The van der Waals surface area contributed by atoms with Gasteiger partial charge < -0.3 is 9.84 Å². The molecule has 0 spiro atoms. The molecule has 0 saturated carbocycles. The maximum absolute atomic E-state index is 13.5. The number of nitrogens with zero attached hydrogens (tertiary/aromatic N) is 1. The second-order valence-electron chi connectivity index (χ2n) is 4.34. The van der Waals surface area contributed by atoms with Crippen LogP contribution in [0, 0.1) is 11.6 Å². The van der Waals surface area contributed by atoms with Gasteiger partial charge >= 0.3 is 0 Å². The van der Waals surface area contributed by atoms with E-state index in [0.29, 0.717) is 24.0 Å². The van der Waals surface area contributed by atoms with Crippen LogP contribution in [0.2, 0.25) is 0 Å². The highest BCUT2D eigenvalue weighted by Crippen LogP contribution is 2.24.